The molecule has 0 unspecified atom stereocenters. The second kappa shape index (κ2) is 11.1. The zero-order valence-corrected chi connectivity index (χ0v) is 22.7. The molecule has 2 N–H and O–H groups in total. The number of ether oxygens (including phenoxy) is 1. The van der Waals surface area contributed by atoms with E-state index in [1.165, 1.54) is 5.56 Å². The second-order valence-electron chi connectivity index (χ2n) is 9.82. The van der Waals surface area contributed by atoms with Crippen molar-refractivity contribution in [3.63, 3.8) is 0 Å². The van der Waals surface area contributed by atoms with Crippen molar-refractivity contribution in [2.75, 3.05) is 44.3 Å². The average Bonchev–Trinajstić information content (AvgIpc) is 3.43. The molecule has 6 rings (SSSR count). The van der Waals surface area contributed by atoms with Crippen molar-refractivity contribution in [2.45, 2.75) is 13.0 Å². The molecular formula is C30H29N5O4S. The zero-order chi connectivity index (χ0) is 27.6. The summed E-state index contributed by atoms with van der Waals surface area (Å²) < 4.78 is 6.61. The minimum Gasteiger partial charge on any atom is -0.508 e. The largest absolute Gasteiger partial charge is 0.508 e. The van der Waals surface area contributed by atoms with E-state index in [0.717, 1.165) is 63.2 Å². The molecule has 0 saturated carbocycles. The van der Waals surface area contributed by atoms with Crippen molar-refractivity contribution >= 4 is 39.2 Å². The van der Waals surface area contributed by atoms with Crippen molar-refractivity contribution in [3.8, 4) is 27.6 Å². The third kappa shape index (κ3) is 5.28. The predicted octanol–water partition coefficient (Wildman–Crippen LogP) is 3.75. The van der Waals surface area contributed by atoms with Gasteiger partial charge in [0.2, 0.25) is 11.8 Å². The minimum absolute atomic E-state index is 0.0306. The summed E-state index contributed by atoms with van der Waals surface area (Å²) in [5, 5.41) is 12.6. The highest BCUT2D eigenvalue weighted by Crippen LogP contribution is 2.40. The number of benzene rings is 2. The van der Waals surface area contributed by atoms with Gasteiger partial charge in [0, 0.05) is 36.6 Å². The lowest BCUT2D eigenvalue weighted by Crippen LogP contribution is -2.42. The van der Waals surface area contributed by atoms with Crippen LogP contribution in [0.5, 0.6) is 5.75 Å². The van der Waals surface area contributed by atoms with Crippen LogP contribution in [-0.2, 0) is 27.3 Å². The van der Waals surface area contributed by atoms with E-state index in [-0.39, 0.29) is 24.1 Å². The molecule has 0 spiro atoms. The number of anilines is 1. The Hall–Kier alpha value is -4.28. The third-order valence-corrected chi connectivity index (χ3v) is 8.39. The van der Waals surface area contributed by atoms with Gasteiger partial charge in [0.1, 0.15) is 5.75 Å². The quantitative estimate of drug-likeness (QED) is 0.349. The van der Waals surface area contributed by atoms with Crippen LogP contribution in [0.4, 0.5) is 5.82 Å². The Morgan fingerprint density at radius 1 is 1.05 bits per heavy atom. The van der Waals surface area contributed by atoms with Gasteiger partial charge in [0.15, 0.2) is 11.6 Å². The Labute approximate surface area is 235 Å². The van der Waals surface area contributed by atoms with E-state index < -0.39 is 0 Å². The van der Waals surface area contributed by atoms with Crippen LogP contribution in [0.25, 0.3) is 32.0 Å². The van der Waals surface area contributed by atoms with Crippen LogP contribution in [-0.4, -0.2) is 71.2 Å². The lowest BCUT2D eigenvalue weighted by Gasteiger charge is -2.29. The zero-order valence-electron chi connectivity index (χ0n) is 21.9. The van der Waals surface area contributed by atoms with Gasteiger partial charge in [-0.25, -0.2) is 9.97 Å². The Bertz CT molecular complexity index is 1610. The van der Waals surface area contributed by atoms with E-state index >= 15 is 0 Å². The Balaban J connectivity index is 1.31. The summed E-state index contributed by atoms with van der Waals surface area (Å²) in [6, 6.07) is 15.5. The number of nitrogens with one attached hydrogen (secondary N) is 1. The first-order valence-corrected chi connectivity index (χ1v) is 14.0. The lowest BCUT2D eigenvalue weighted by atomic mass is 9.96. The molecule has 0 aliphatic carbocycles. The van der Waals surface area contributed by atoms with E-state index in [1.807, 2.05) is 6.07 Å². The molecule has 2 aromatic carbocycles. The van der Waals surface area contributed by atoms with Gasteiger partial charge in [-0.15, -0.1) is 11.3 Å². The topological polar surface area (TPSA) is 108 Å². The molecule has 10 heteroatoms. The number of hydrogen-bond donors (Lipinski definition) is 2. The summed E-state index contributed by atoms with van der Waals surface area (Å²) >= 11 is 1.68. The van der Waals surface area contributed by atoms with Crippen molar-refractivity contribution in [3.05, 3.63) is 72.3 Å². The molecule has 1 fully saturated rings. The summed E-state index contributed by atoms with van der Waals surface area (Å²) in [7, 11) is 0. The third-order valence-electron chi connectivity index (χ3n) is 7.22. The van der Waals surface area contributed by atoms with Crippen LogP contribution in [0.2, 0.25) is 0 Å². The molecule has 0 atom stereocenters. The van der Waals surface area contributed by atoms with Crippen molar-refractivity contribution < 1.29 is 19.4 Å². The van der Waals surface area contributed by atoms with Gasteiger partial charge in [-0.2, -0.15) is 0 Å². The van der Waals surface area contributed by atoms with Gasteiger partial charge in [-0.05, 0) is 53.5 Å². The second-order valence-corrected chi connectivity index (χ2v) is 10.9. The Morgan fingerprint density at radius 3 is 2.70 bits per heavy atom. The number of nitrogens with zero attached hydrogens (tertiary/aromatic N) is 4. The molecule has 40 heavy (non-hydrogen) atoms. The highest BCUT2D eigenvalue weighted by atomic mass is 32.1. The molecule has 4 heterocycles. The van der Waals surface area contributed by atoms with Gasteiger partial charge in [-0.1, -0.05) is 30.8 Å². The number of phenols is 1. The summed E-state index contributed by atoms with van der Waals surface area (Å²) in [5.74, 6) is 1.18. The number of aromatic nitrogens is 2. The minimum atomic E-state index is -0.353. The smallest absolute Gasteiger partial charge is 0.243 e. The maximum atomic E-state index is 12.6. The summed E-state index contributed by atoms with van der Waals surface area (Å²) in [6.07, 6.45) is 1.91. The fourth-order valence-corrected chi connectivity index (χ4v) is 6.20. The standard InChI is InChI=1S/C30H29N5O4S/c1-2-26(37)31-17-27(38)35-9-8-19-14-20(6-7-22(19)18-35)25-16-24-28(40-25)30(34-10-12-39-13-11-34)33-29(32-24)21-4-3-5-23(36)15-21/h2-7,14-16,36H,1,8-13,17-18H2,(H,31,37). The molecule has 204 valence electrons. The fourth-order valence-electron chi connectivity index (χ4n) is 5.09. The predicted molar refractivity (Wildman–Crippen MR) is 155 cm³/mol. The fraction of sp³-hybridized carbons (Fsp3) is 0.267. The highest BCUT2D eigenvalue weighted by molar-refractivity contribution is 7.22. The average molecular weight is 556 g/mol. The van der Waals surface area contributed by atoms with Gasteiger partial charge >= 0.3 is 0 Å². The molecule has 1 saturated heterocycles. The van der Waals surface area contributed by atoms with Gasteiger partial charge in [0.05, 0.1) is 30.0 Å². The first-order valence-electron chi connectivity index (χ1n) is 13.2. The van der Waals surface area contributed by atoms with Crippen LogP contribution < -0.4 is 10.2 Å². The molecule has 2 amide bonds. The summed E-state index contributed by atoms with van der Waals surface area (Å²) in [6.45, 7) is 7.31. The van der Waals surface area contributed by atoms with E-state index in [9.17, 15) is 14.7 Å². The molecule has 2 aliphatic rings. The van der Waals surface area contributed by atoms with Gasteiger partial charge in [-0.3, -0.25) is 9.59 Å². The van der Waals surface area contributed by atoms with Crippen molar-refractivity contribution in [1.82, 2.24) is 20.2 Å². The Morgan fingerprint density at radius 2 is 1.90 bits per heavy atom. The molecule has 0 radical (unpaired) electrons. The van der Waals surface area contributed by atoms with E-state index in [4.69, 9.17) is 14.7 Å². The number of amides is 2. The monoisotopic (exact) mass is 555 g/mol. The number of hydrogen-bond acceptors (Lipinski definition) is 8. The SMILES string of the molecule is C=CC(=O)NCC(=O)N1CCc2cc(-c3cc4nc(-c5cccc(O)c5)nc(N5CCOCC5)c4s3)ccc2C1. The van der Waals surface area contributed by atoms with Crippen LogP contribution in [0, 0.1) is 0 Å². The summed E-state index contributed by atoms with van der Waals surface area (Å²) in [5.41, 5.74) is 5.06. The highest BCUT2D eigenvalue weighted by Gasteiger charge is 2.23. The van der Waals surface area contributed by atoms with Gasteiger partial charge in [0.25, 0.3) is 0 Å². The number of phenolic OH excluding ortho intramolecular Hbond substituents is 1. The van der Waals surface area contributed by atoms with E-state index in [2.05, 4.69) is 41.1 Å². The van der Waals surface area contributed by atoms with Gasteiger partial charge < -0.3 is 25.0 Å². The molecule has 9 nitrogen and oxygen atoms in total. The normalized spacial score (nSPS) is 15.1. The van der Waals surface area contributed by atoms with Crippen LogP contribution in [0.15, 0.2) is 61.2 Å². The number of morpholine rings is 1. The van der Waals surface area contributed by atoms with Crippen LogP contribution in [0.3, 0.4) is 0 Å². The number of carbonyl (C=O) groups is 2. The lowest BCUT2D eigenvalue weighted by molar-refractivity contribution is -0.132. The first-order chi connectivity index (χ1) is 19.5. The summed E-state index contributed by atoms with van der Waals surface area (Å²) in [4.78, 5) is 39.0. The number of aromatic hydroxyl groups is 1. The maximum absolute atomic E-state index is 12.6. The maximum Gasteiger partial charge on any atom is 0.243 e. The van der Waals surface area contributed by atoms with Crippen LogP contribution in [0.1, 0.15) is 11.1 Å². The Kier molecular flexibility index (Phi) is 7.19. The molecule has 2 aromatic heterocycles. The molecule has 4 aromatic rings. The molecular weight excluding hydrogens is 526 g/mol. The molecule has 0 bridgehead atoms. The number of carbonyl (C=O) groups excluding carboxylic acids is 2. The molecule has 2 aliphatic heterocycles. The van der Waals surface area contributed by atoms with Crippen molar-refractivity contribution in [1.29, 1.82) is 0 Å². The van der Waals surface area contributed by atoms with Crippen LogP contribution >= 0.6 is 11.3 Å². The number of thiophene rings is 1. The van der Waals surface area contributed by atoms with E-state index in [0.29, 0.717) is 32.1 Å². The van der Waals surface area contributed by atoms with E-state index in [1.54, 1.807) is 34.4 Å². The first kappa shape index (κ1) is 26.0. The number of fused-ring (bicyclic) bond motifs is 2. The van der Waals surface area contributed by atoms with Crippen molar-refractivity contribution in [2.24, 2.45) is 0 Å². The number of rotatable bonds is 6.